The highest BCUT2D eigenvalue weighted by Gasteiger charge is 2.16. The van der Waals surface area contributed by atoms with E-state index in [-0.39, 0.29) is 11.5 Å². The van der Waals surface area contributed by atoms with Crippen molar-refractivity contribution in [3.8, 4) is 11.5 Å². The van der Waals surface area contributed by atoms with Gasteiger partial charge in [0.1, 0.15) is 0 Å². The Morgan fingerprint density at radius 3 is 2.79 bits per heavy atom. The zero-order valence-electron chi connectivity index (χ0n) is 7.90. The highest BCUT2D eigenvalue weighted by Crippen LogP contribution is 2.36. The van der Waals surface area contributed by atoms with E-state index in [0.717, 1.165) is 0 Å². The van der Waals surface area contributed by atoms with Gasteiger partial charge >= 0.3 is 0 Å². The van der Waals surface area contributed by atoms with Crippen LogP contribution in [0.5, 0.6) is 11.5 Å². The van der Waals surface area contributed by atoms with Crippen molar-refractivity contribution in [3.05, 3.63) is 21.9 Å². The monoisotopic (exact) mass is 263 g/mol. The lowest BCUT2D eigenvalue weighted by molar-refractivity contribution is 0.359. The summed E-state index contributed by atoms with van der Waals surface area (Å²) >= 11 is 3.16. The van der Waals surface area contributed by atoms with E-state index in [9.17, 15) is 9.50 Å². The molecule has 1 aromatic carbocycles. The Labute approximate surface area is 90.0 Å². The fourth-order valence-corrected chi connectivity index (χ4v) is 1.76. The maximum Gasteiger partial charge on any atom is 0.208 e. The Kier molecular flexibility index (Phi) is 3.71. The predicted octanol–water partition coefficient (Wildman–Crippen LogP) is 2.02. The number of hydrogen-bond acceptors (Lipinski definition) is 3. The van der Waals surface area contributed by atoms with Crippen LogP contribution in [-0.4, -0.2) is 19.3 Å². The van der Waals surface area contributed by atoms with Gasteiger partial charge in [0.15, 0.2) is 11.5 Å². The Bertz CT molecular complexity index is 344. The van der Waals surface area contributed by atoms with Gasteiger partial charge in [0.2, 0.25) is 5.82 Å². The van der Waals surface area contributed by atoms with E-state index in [1.165, 1.54) is 7.11 Å². The van der Waals surface area contributed by atoms with Crippen molar-refractivity contribution in [2.24, 2.45) is 0 Å². The first-order valence-electron chi connectivity index (χ1n) is 4.00. The first kappa shape index (κ1) is 11.3. The normalized spacial score (nSPS) is 10.3. The molecule has 0 heterocycles. The summed E-state index contributed by atoms with van der Waals surface area (Å²) in [6.07, 6.45) is 0. The largest absolute Gasteiger partial charge is 0.504 e. The Balaban J connectivity index is 3.25. The average molecular weight is 264 g/mol. The maximum absolute atomic E-state index is 13.4. The Hall–Kier alpha value is -0.810. The first-order chi connectivity index (χ1) is 6.61. The van der Waals surface area contributed by atoms with Crippen LogP contribution in [0.25, 0.3) is 0 Å². The third kappa shape index (κ3) is 1.99. The molecule has 78 valence electrons. The minimum atomic E-state index is -0.743. The van der Waals surface area contributed by atoms with Gasteiger partial charge in [-0.2, -0.15) is 4.39 Å². The zero-order valence-corrected chi connectivity index (χ0v) is 9.48. The number of halogens is 2. The predicted molar refractivity (Wildman–Crippen MR) is 55.1 cm³/mol. The number of phenols is 1. The molecule has 1 aromatic rings. The third-order valence-electron chi connectivity index (χ3n) is 1.80. The molecule has 0 aliphatic heterocycles. The number of methoxy groups -OCH3 is 1. The molecule has 3 nitrogen and oxygen atoms in total. The van der Waals surface area contributed by atoms with Crippen molar-refractivity contribution >= 4 is 15.9 Å². The fraction of sp³-hybridized carbons (Fsp3) is 0.333. The van der Waals surface area contributed by atoms with Crippen LogP contribution in [0, 0.1) is 5.82 Å². The first-order valence-corrected chi connectivity index (χ1v) is 4.79. The maximum atomic E-state index is 13.4. The summed E-state index contributed by atoms with van der Waals surface area (Å²) in [7, 11) is 3.07. The molecule has 0 saturated heterocycles. The fourth-order valence-electron chi connectivity index (χ4n) is 1.15. The number of phenolic OH excluding ortho intramolecular Hbond substituents is 1. The summed E-state index contributed by atoms with van der Waals surface area (Å²) < 4.78 is 18.7. The van der Waals surface area contributed by atoms with Gasteiger partial charge in [-0.25, -0.2) is 0 Å². The molecule has 0 aliphatic carbocycles. The van der Waals surface area contributed by atoms with Crippen molar-refractivity contribution in [1.82, 2.24) is 5.32 Å². The minimum absolute atomic E-state index is 0.0161. The van der Waals surface area contributed by atoms with Crippen LogP contribution in [0.2, 0.25) is 0 Å². The van der Waals surface area contributed by atoms with E-state index in [1.54, 1.807) is 13.1 Å². The highest BCUT2D eigenvalue weighted by molar-refractivity contribution is 9.10. The highest BCUT2D eigenvalue weighted by atomic mass is 79.9. The summed E-state index contributed by atoms with van der Waals surface area (Å²) in [5, 5.41) is 12.3. The number of hydrogen-bond donors (Lipinski definition) is 2. The van der Waals surface area contributed by atoms with Crippen molar-refractivity contribution in [3.63, 3.8) is 0 Å². The summed E-state index contributed by atoms with van der Waals surface area (Å²) in [4.78, 5) is 0. The molecule has 0 aromatic heterocycles. The molecule has 0 spiro atoms. The van der Waals surface area contributed by atoms with Crippen molar-refractivity contribution in [2.45, 2.75) is 6.54 Å². The van der Waals surface area contributed by atoms with E-state index in [4.69, 9.17) is 4.74 Å². The average Bonchev–Trinajstić information content (AvgIpc) is 2.15. The second-order valence-electron chi connectivity index (χ2n) is 2.74. The van der Waals surface area contributed by atoms with Crippen LogP contribution >= 0.6 is 15.9 Å². The molecule has 2 N–H and O–H groups in total. The van der Waals surface area contributed by atoms with E-state index in [1.807, 2.05) is 0 Å². The van der Waals surface area contributed by atoms with E-state index in [0.29, 0.717) is 16.6 Å². The number of rotatable bonds is 3. The molecule has 1 rings (SSSR count). The molecule has 0 fully saturated rings. The van der Waals surface area contributed by atoms with Crippen LogP contribution in [0.3, 0.4) is 0 Å². The van der Waals surface area contributed by atoms with Gasteiger partial charge < -0.3 is 15.2 Å². The summed E-state index contributed by atoms with van der Waals surface area (Å²) in [5.41, 5.74) is 0.484. The molecule has 0 saturated carbocycles. The number of benzene rings is 1. The van der Waals surface area contributed by atoms with Gasteiger partial charge in [0, 0.05) is 12.1 Å². The molecule has 14 heavy (non-hydrogen) atoms. The molecule has 0 aliphatic rings. The lowest BCUT2D eigenvalue weighted by Crippen LogP contribution is -2.06. The quantitative estimate of drug-likeness (QED) is 0.877. The molecule has 0 bridgehead atoms. The molecule has 0 amide bonds. The molecular weight excluding hydrogens is 253 g/mol. The van der Waals surface area contributed by atoms with Crippen LogP contribution in [0.15, 0.2) is 10.5 Å². The third-order valence-corrected chi connectivity index (χ3v) is 2.39. The Morgan fingerprint density at radius 1 is 1.64 bits per heavy atom. The lowest BCUT2D eigenvalue weighted by Gasteiger charge is -2.10. The number of aromatic hydroxyl groups is 1. The Morgan fingerprint density at radius 2 is 2.29 bits per heavy atom. The zero-order chi connectivity index (χ0) is 10.7. The SMILES string of the molecule is CNCc1cc(Br)c(OC)c(F)c1O. The molecule has 5 heteroatoms. The van der Waals surface area contributed by atoms with Crippen LogP contribution in [0.1, 0.15) is 5.56 Å². The summed E-state index contributed by atoms with van der Waals surface area (Å²) in [6.45, 7) is 0.394. The smallest absolute Gasteiger partial charge is 0.208 e. The second-order valence-corrected chi connectivity index (χ2v) is 3.60. The standard InChI is InChI=1S/C9H11BrFNO2/c1-12-4-5-3-6(10)9(14-2)7(11)8(5)13/h3,12-13H,4H2,1-2H3. The van der Waals surface area contributed by atoms with E-state index in [2.05, 4.69) is 21.2 Å². The molecule has 0 unspecified atom stereocenters. The second kappa shape index (κ2) is 4.61. The number of nitrogens with one attached hydrogen (secondary N) is 1. The minimum Gasteiger partial charge on any atom is -0.504 e. The topological polar surface area (TPSA) is 41.5 Å². The van der Waals surface area contributed by atoms with Crippen LogP contribution in [0.4, 0.5) is 4.39 Å². The van der Waals surface area contributed by atoms with E-state index < -0.39 is 5.82 Å². The molecule has 0 radical (unpaired) electrons. The van der Waals surface area contributed by atoms with Gasteiger partial charge in [-0.1, -0.05) is 0 Å². The van der Waals surface area contributed by atoms with Crippen molar-refractivity contribution in [1.29, 1.82) is 0 Å². The van der Waals surface area contributed by atoms with Gasteiger partial charge in [-0.15, -0.1) is 0 Å². The van der Waals surface area contributed by atoms with Crippen molar-refractivity contribution < 1.29 is 14.2 Å². The van der Waals surface area contributed by atoms with E-state index >= 15 is 0 Å². The van der Waals surface area contributed by atoms with Gasteiger partial charge in [-0.3, -0.25) is 0 Å². The van der Waals surface area contributed by atoms with Crippen molar-refractivity contribution in [2.75, 3.05) is 14.2 Å². The van der Waals surface area contributed by atoms with Gasteiger partial charge in [0.05, 0.1) is 11.6 Å². The summed E-state index contributed by atoms with van der Waals surface area (Å²) in [6, 6.07) is 1.62. The van der Waals surface area contributed by atoms with Gasteiger partial charge in [-0.05, 0) is 29.0 Å². The molecule has 0 atom stereocenters. The number of ether oxygens (including phenoxy) is 1. The summed E-state index contributed by atoms with van der Waals surface area (Å²) in [5.74, 6) is -1.10. The molecular formula is C9H11BrFNO2. The van der Waals surface area contributed by atoms with Crippen LogP contribution < -0.4 is 10.1 Å². The van der Waals surface area contributed by atoms with Gasteiger partial charge in [0.25, 0.3) is 0 Å². The lowest BCUT2D eigenvalue weighted by atomic mass is 10.2. The van der Waals surface area contributed by atoms with Crippen LogP contribution in [-0.2, 0) is 6.54 Å².